The van der Waals surface area contributed by atoms with Crippen molar-refractivity contribution in [1.82, 2.24) is 19.5 Å². The molecule has 0 spiro atoms. The Morgan fingerprint density at radius 1 is 0.299 bits per heavy atom. The topological polar surface area (TPSA) is 69.9 Å². The Morgan fingerprint density at radius 3 is 1.82 bits per heavy atom. The zero-order chi connectivity index (χ0) is 50.3. The van der Waals surface area contributed by atoms with Crippen LogP contribution in [0.15, 0.2) is 239 Å². The first-order valence-corrected chi connectivity index (χ1v) is 27.4. The van der Waals surface area contributed by atoms with Gasteiger partial charge in [-0.05, 0) is 119 Å². The van der Waals surface area contributed by atoms with Crippen LogP contribution in [0.2, 0.25) is 0 Å². The Kier molecular flexibility index (Phi) is 9.07. The Balaban J connectivity index is 0.825. The molecule has 0 bridgehead atoms. The number of thiophene rings is 2. The first kappa shape index (κ1) is 42.6. The summed E-state index contributed by atoms with van der Waals surface area (Å²) in [7, 11) is 0. The van der Waals surface area contributed by atoms with Gasteiger partial charge in [-0.15, -0.1) is 22.7 Å². The second-order valence-corrected chi connectivity index (χ2v) is 21.9. The van der Waals surface area contributed by atoms with E-state index in [0.29, 0.717) is 17.5 Å². The number of aromatic nitrogens is 4. The first-order valence-electron chi connectivity index (χ1n) is 25.7. The van der Waals surface area contributed by atoms with Crippen molar-refractivity contribution in [2.75, 3.05) is 0 Å². The van der Waals surface area contributed by atoms with Gasteiger partial charge in [0.2, 0.25) is 0 Å². The predicted octanol–water partition coefficient (Wildman–Crippen LogP) is 19.8. The van der Waals surface area contributed by atoms with Crippen LogP contribution < -0.4 is 0 Å². The van der Waals surface area contributed by atoms with E-state index in [2.05, 4.69) is 205 Å². The van der Waals surface area contributed by atoms with E-state index in [1.165, 1.54) is 68.6 Å². The van der Waals surface area contributed by atoms with Crippen molar-refractivity contribution in [2.24, 2.45) is 0 Å². The minimum atomic E-state index is 0.561. The molecule has 6 nitrogen and oxygen atoms in total. The number of benzene rings is 11. The minimum Gasteiger partial charge on any atom is -0.456 e. The molecule has 0 amide bonds. The highest BCUT2D eigenvalue weighted by Crippen LogP contribution is 2.46. The first-order chi connectivity index (χ1) is 38.1. The van der Waals surface area contributed by atoms with E-state index in [-0.39, 0.29) is 0 Å². The quantitative estimate of drug-likeness (QED) is 0.166. The molecular formula is C69H38N4O2S2. The van der Waals surface area contributed by atoms with Gasteiger partial charge in [0.05, 0.1) is 11.0 Å². The summed E-state index contributed by atoms with van der Waals surface area (Å²) < 4.78 is 20.3. The van der Waals surface area contributed by atoms with Crippen LogP contribution >= 0.6 is 22.7 Å². The fraction of sp³-hybridized carbons (Fsp3) is 0. The van der Waals surface area contributed by atoms with E-state index in [1.807, 2.05) is 41.7 Å². The van der Waals surface area contributed by atoms with Crippen LogP contribution in [-0.4, -0.2) is 19.5 Å². The molecule has 11 aromatic carbocycles. The SMILES string of the molecule is c1ccc(-n2c3ccccc3c3cc(-c4cccc5sc6ccc(-c7ccc8oc9cccc(-c%10nc(-c%11ccc%12c(c%11)oc%11ccccc%11%12)nc(-c%11cccc%12c%11sc%11ccccc%11%12)n%10)c9c8c7)cc6c45)ccc32)cc1. The van der Waals surface area contributed by atoms with Crippen molar-refractivity contribution in [3.8, 4) is 62.1 Å². The zero-order valence-corrected chi connectivity index (χ0v) is 42.5. The van der Waals surface area contributed by atoms with Gasteiger partial charge < -0.3 is 13.4 Å². The number of fused-ring (bicyclic) bond motifs is 15. The molecule has 17 aromatic rings. The van der Waals surface area contributed by atoms with Crippen LogP contribution in [0.5, 0.6) is 0 Å². The third kappa shape index (κ3) is 6.50. The van der Waals surface area contributed by atoms with Crippen molar-refractivity contribution >= 4 is 129 Å². The highest BCUT2D eigenvalue weighted by molar-refractivity contribution is 7.26. The van der Waals surface area contributed by atoms with Crippen LogP contribution in [0.4, 0.5) is 0 Å². The van der Waals surface area contributed by atoms with Gasteiger partial charge in [0.25, 0.3) is 0 Å². The van der Waals surface area contributed by atoms with Crippen molar-refractivity contribution in [3.05, 3.63) is 231 Å². The molecule has 0 atom stereocenters. The zero-order valence-electron chi connectivity index (χ0n) is 40.9. The summed E-state index contributed by atoms with van der Waals surface area (Å²) in [5.74, 6) is 1.73. The molecule has 0 aliphatic rings. The summed E-state index contributed by atoms with van der Waals surface area (Å²) in [5, 5.41) is 11.5. The Morgan fingerprint density at radius 2 is 0.896 bits per heavy atom. The molecule has 0 fully saturated rings. The second kappa shape index (κ2) is 16.4. The molecule has 8 heteroatoms. The summed E-state index contributed by atoms with van der Waals surface area (Å²) in [5.41, 5.74) is 14.0. The van der Waals surface area contributed by atoms with E-state index >= 15 is 0 Å². The molecular weight excluding hydrogens is 981 g/mol. The Hall–Kier alpha value is -9.73. The average Bonchev–Trinajstić information content (AvgIpc) is 4.35. The van der Waals surface area contributed by atoms with Crippen molar-refractivity contribution in [1.29, 1.82) is 0 Å². The molecule has 17 rings (SSSR count). The standard InChI is InChI=1S/C69H38N4O2S2/c1-2-13-43(14-3-1)73-55-22-7-4-15-45(55)52-37-41(28-32-56(52)73)44-18-12-26-63-65(44)54-36-40(30-34-62(54)76-63)39-29-33-58-53(35-39)64-50(20-11-24-59(64)74-58)68-70-67(42-27-31-47-46-16-5-8-23-57(46)75-60(47)38-42)71-69(72-68)51-21-10-19-49-48-17-6-9-25-61(48)77-66(49)51/h1-38H. The third-order valence-corrected chi connectivity index (χ3v) is 17.8. The van der Waals surface area contributed by atoms with Crippen LogP contribution in [-0.2, 0) is 0 Å². The van der Waals surface area contributed by atoms with Crippen LogP contribution in [0, 0.1) is 0 Å². The molecule has 6 aromatic heterocycles. The summed E-state index contributed by atoms with van der Waals surface area (Å²) in [6, 6.07) is 82.1. The number of hydrogen-bond acceptors (Lipinski definition) is 7. The second-order valence-electron chi connectivity index (χ2n) is 19.8. The molecule has 77 heavy (non-hydrogen) atoms. The van der Waals surface area contributed by atoms with Gasteiger partial charge >= 0.3 is 0 Å². The van der Waals surface area contributed by atoms with E-state index in [0.717, 1.165) is 82.1 Å². The number of para-hydroxylation sites is 3. The minimum absolute atomic E-state index is 0.561. The van der Waals surface area contributed by atoms with E-state index in [1.54, 1.807) is 11.3 Å². The van der Waals surface area contributed by atoms with Gasteiger partial charge in [0, 0.05) is 95.0 Å². The van der Waals surface area contributed by atoms with Gasteiger partial charge in [0.15, 0.2) is 17.5 Å². The van der Waals surface area contributed by atoms with Crippen molar-refractivity contribution in [3.63, 3.8) is 0 Å². The molecule has 0 aliphatic carbocycles. The van der Waals surface area contributed by atoms with E-state index in [4.69, 9.17) is 23.8 Å². The lowest BCUT2D eigenvalue weighted by atomic mass is 9.96. The van der Waals surface area contributed by atoms with Crippen LogP contribution in [0.1, 0.15) is 0 Å². The fourth-order valence-electron chi connectivity index (χ4n) is 12.0. The molecule has 0 radical (unpaired) electrons. The Labute approximate surface area is 447 Å². The van der Waals surface area contributed by atoms with E-state index < -0.39 is 0 Å². The normalized spacial score (nSPS) is 12.2. The fourth-order valence-corrected chi connectivity index (χ4v) is 14.3. The summed E-state index contributed by atoms with van der Waals surface area (Å²) >= 11 is 3.61. The lowest BCUT2D eigenvalue weighted by molar-refractivity contribution is 0.668. The third-order valence-electron chi connectivity index (χ3n) is 15.5. The molecule has 6 heterocycles. The highest BCUT2D eigenvalue weighted by Gasteiger charge is 2.22. The van der Waals surface area contributed by atoms with Gasteiger partial charge in [-0.25, -0.2) is 15.0 Å². The molecule has 358 valence electrons. The van der Waals surface area contributed by atoms with Crippen molar-refractivity contribution < 1.29 is 8.83 Å². The number of hydrogen-bond donors (Lipinski definition) is 0. The lowest BCUT2D eigenvalue weighted by Gasteiger charge is -2.10. The molecule has 0 saturated carbocycles. The maximum atomic E-state index is 6.69. The van der Waals surface area contributed by atoms with Crippen LogP contribution in [0.25, 0.3) is 168 Å². The molecule has 0 N–H and O–H groups in total. The summed E-state index contributed by atoms with van der Waals surface area (Å²) in [6.45, 7) is 0. The Bertz CT molecular complexity index is 5310. The van der Waals surface area contributed by atoms with Gasteiger partial charge in [0.1, 0.15) is 22.3 Å². The highest BCUT2D eigenvalue weighted by atomic mass is 32.1. The van der Waals surface area contributed by atoms with Gasteiger partial charge in [-0.1, -0.05) is 133 Å². The molecule has 0 aliphatic heterocycles. The number of furan rings is 2. The van der Waals surface area contributed by atoms with Crippen LogP contribution in [0.3, 0.4) is 0 Å². The molecule has 0 saturated heterocycles. The average molecular weight is 1020 g/mol. The monoisotopic (exact) mass is 1020 g/mol. The van der Waals surface area contributed by atoms with E-state index in [9.17, 15) is 0 Å². The summed E-state index contributed by atoms with van der Waals surface area (Å²) in [6.07, 6.45) is 0. The van der Waals surface area contributed by atoms with Crippen molar-refractivity contribution in [2.45, 2.75) is 0 Å². The largest absolute Gasteiger partial charge is 0.456 e. The number of rotatable bonds is 6. The maximum Gasteiger partial charge on any atom is 0.165 e. The predicted molar refractivity (Wildman–Crippen MR) is 322 cm³/mol. The summed E-state index contributed by atoms with van der Waals surface area (Å²) in [4.78, 5) is 16.0. The van der Waals surface area contributed by atoms with Gasteiger partial charge in [-0.3, -0.25) is 0 Å². The smallest absolute Gasteiger partial charge is 0.165 e. The maximum absolute atomic E-state index is 6.69. The lowest BCUT2D eigenvalue weighted by Crippen LogP contribution is -2.00. The van der Waals surface area contributed by atoms with Gasteiger partial charge in [-0.2, -0.15) is 0 Å². The number of nitrogens with zero attached hydrogens (tertiary/aromatic N) is 4. The molecule has 0 unspecified atom stereocenters.